The molecule has 33 heavy (non-hydrogen) atoms. The Kier molecular flexibility index (Phi) is 6.70. The molecule has 0 aliphatic carbocycles. The number of benzene rings is 2. The summed E-state index contributed by atoms with van der Waals surface area (Å²) in [4.78, 5) is 13.0. The van der Waals surface area contributed by atoms with Crippen molar-refractivity contribution in [1.29, 1.82) is 0 Å². The van der Waals surface area contributed by atoms with E-state index in [0.717, 1.165) is 31.4 Å². The summed E-state index contributed by atoms with van der Waals surface area (Å²) in [5.74, 6) is -2.54. The molecule has 0 saturated carbocycles. The number of nitrogens with zero attached hydrogens (tertiary/aromatic N) is 2. The molecule has 0 radical (unpaired) electrons. The van der Waals surface area contributed by atoms with Gasteiger partial charge in [-0.15, -0.1) is 0 Å². The molecule has 1 atom stereocenters. The molecule has 1 aliphatic heterocycles. The number of aromatic nitrogens is 2. The number of amides is 1. The number of aromatic amines is 1. The SMILES string of the molecule is O=C(Nc1cc[nH]n1)C(Oc1ccc(F)cc1F)c1ccc(S(=O)(=O)N2CCCCC2)cc1. The van der Waals surface area contributed by atoms with Gasteiger partial charge in [0, 0.05) is 37.0 Å². The second-order valence-electron chi connectivity index (χ2n) is 7.56. The van der Waals surface area contributed by atoms with Crippen LogP contribution in [0.15, 0.2) is 59.6 Å². The van der Waals surface area contributed by atoms with Gasteiger partial charge in [0.15, 0.2) is 17.4 Å². The molecule has 1 saturated heterocycles. The third-order valence-electron chi connectivity index (χ3n) is 5.26. The highest BCUT2D eigenvalue weighted by molar-refractivity contribution is 7.89. The second kappa shape index (κ2) is 9.67. The topological polar surface area (TPSA) is 104 Å². The lowest BCUT2D eigenvalue weighted by Crippen LogP contribution is -2.35. The third-order valence-corrected chi connectivity index (χ3v) is 7.18. The van der Waals surface area contributed by atoms with Gasteiger partial charge in [0.1, 0.15) is 5.82 Å². The summed E-state index contributed by atoms with van der Waals surface area (Å²) in [6.45, 7) is 0.928. The van der Waals surface area contributed by atoms with Gasteiger partial charge < -0.3 is 10.1 Å². The van der Waals surface area contributed by atoms with E-state index in [1.807, 2.05) is 0 Å². The minimum Gasteiger partial charge on any atom is -0.473 e. The van der Waals surface area contributed by atoms with Crippen molar-refractivity contribution in [2.45, 2.75) is 30.3 Å². The Bertz CT molecular complexity index is 1210. The molecule has 8 nitrogen and oxygen atoms in total. The normalized spacial score (nSPS) is 15.7. The number of carbonyl (C=O) groups is 1. The fraction of sp³-hybridized carbons (Fsp3) is 0.273. The zero-order chi connectivity index (χ0) is 23.4. The summed E-state index contributed by atoms with van der Waals surface area (Å²) in [7, 11) is -3.66. The van der Waals surface area contributed by atoms with Gasteiger partial charge in [-0.05, 0) is 37.1 Å². The molecule has 1 amide bonds. The molecule has 11 heteroatoms. The number of anilines is 1. The predicted molar refractivity (Wildman–Crippen MR) is 116 cm³/mol. The van der Waals surface area contributed by atoms with Crippen LogP contribution in [0.1, 0.15) is 30.9 Å². The maximum Gasteiger partial charge on any atom is 0.271 e. The number of H-pyrrole nitrogens is 1. The van der Waals surface area contributed by atoms with Crippen LogP contribution >= 0.6 is 0 Å². The third kappa shape index (κ3) is 5.20. The molecule has 0 spiro atoms. The first-order chi connectivity index (χ1) is 15.8. The number of sulfonamides is 1. The van der Waals surface area contributed by atoms with Gasteiger partial charge in [0.05, 0.1) is 4.90 Å². The first-order valence-corrected chi connectivity index (χ1v) is 11.8. The minimum absolute atomic E-state index is 0.0903. The van der Waals surface area contributed by atoms with Gasteiger partial charge >= 0.3 is 0 Å². The fourth-order valence-electron chi connectivity index (χ4n) is 3.56. The molecule has 4 rings (SSSR count). The van der Waals surface area contributed by atoms with Crippen LogP contribution in [-0.2, 0) is 14.8 Å². The maximum absolute atomic E-state index is 14.2. The van der Waals surface area contributed by atoms with Crippen LogP contribution in [0, 0.1) is 11.6 Å². The lowest BCUT2D eigenvalue weighted by molar-refractivity contribution is -0.123. The van der Waals surface area contributed by atoms with E-state index in [0.29, 0.717) is 19.2 Å². The largest absolute Gasteiger partial charge is 0.473 e. The number of hydrogen-bond donors (Lipinski definition) is 2. The summed E-state index contributed by atoms with van der Waals surface area (Å²) in [6, 6.07) is 9.90. The average Bonchev–Trinajstić information content (AvgIpc) is 3.32. The molecular formula is C22H22F2N4O4S. The maximum atomic E-state index is 14.2. The standard InChI is InChI=1S/C22H22F2N4O4S/c23-16-6-9-19(18(24)14-16)32-21(22(29)26-20-10-11-25-27-20)15-4-7-17(8-5-15)33(30,31)28-12-2-1-3-13-28/h4-11,14,21H,1-3,12-13H2,(H2,25,26,27,29). The number of hydrogen-bond acceptors (Lipinski definition) is 5. The molecule has 0 bridgehead atoms. The van der Waals surface area contributed by atoms with Gasteiger partial charge in [0.25, 0.3) is 5.91 Å². The quantitative estimate of drug-likeness (QED) is 0.542. The van der Waals surface area contributed by atoms with E-state index < -0.39 is 33.7 Å². The molecule has 2 heterocycles. The highest BCUT2D eigenvalue weighted by atomic mass is 32.2. The lowest BCUT2D eigenvalue weighted by Gasteiger charge is -2.26. The molecule has 2 aromatic carbocycles. The van der Waals surface area contributed by atoms with Gasteiger partial charge in [-0.1, -0.05) is 18.6 Å². The van der Waals surface area contributed by atoms with E-state index in [-0.39, 0.29) is 22.0 Å². The summed E-state index contributed by atoms with van der Waals surface area (Å²) >= 11 is 0. The van der Waals surface area contributed by atoms with Crippen molar-refractivity contribution >= 4 is 21.7 Å². The minimum atomic E-state index is -3.66. The van der Waals surface area contributed by atoms with Crippen molar-refractivity contribution < 1.29 is 26.7 Å². The van der Waals surface area contributed by atoms with Crippen LogP contribution in [0.4, 0.5) is 14.6 Å². The molecule has 1 unspecified atom stereocenters. The van der Waals surface area contributed by atoms with Crippen LogP contribution in [0.5, 0.6) is 5.75 Å². The van der Waals surface area contributed by atoms with Crippen molar-refractivity contribution in [3.63, 3.8) is 0 Å². The molecule has 1 aliphatic rings. The zero-order valence-electron chi connectivity index (χ0n) is 17.5. The molecule has 174 valence electrons. The highest BCUT2D eigenvalue weighted by Crippen LogP contribution is 2.28. The predicted octanol–water partition coefficient (Wildman–Crippen LogP) is 3.62. The number of piperidine rings is 1. The summed E-state index contributed by atoms with van der Waals surface area (Å²) in [5.41, 5.74) is 0.282. The second-order valence-corrected chi connectivity index (χ2v) is 9.49. The van der Waals surface area contributed by atoms with Crippen LogP contribution < -0.4 is 10.1 Å². The van der Waals surface area contributed by atoms with E-state index in [1.165, 1.54) is 40.8 Å². The van der Waals surface area contributed by atoms with E-state index >= 15 is 0 Å². The van der Waals surface area contributed by atoms with Gasteiger partial charge in [-0.3, -0.25) is 9.89 Å². The van der Waals surface area contributed by atoms with E-state index in [4.69, 9.17) is 4.74 Å². The van der Waals surface area contributed by atoms with Crippen molar-refractivity contribution in [2.75, 3.05) is 18.4 Å². The van der Waals surface area contributed by atoms with Crippen molar-refractivity contribution in [2.24, 2.45) is 0 Å². The van der Waals surface area contributed by atoms with E-state index in [9.17, 15) is 22.0 Å². The summed E-state index contributed by atoms with van der Waals surface area (Å²) in [5, 5.41) is 8.94. The monoisotopic (exact) mass is 476 g/mol. The fourth-order valence-corrected chi connectivity index (χ4v) is 5.08. The lowest BCUT2D eigenvalue weighted by atomic mass is 10.1. The Morgan fingerprint density at radius 2 is 1.79 bits per heavy atom. The number of ether oxygens (including phenoxy) is 1. The Morgan fingerprint density at radius 3 is 2.42 bits per heavy atom. The molecule has 1 aromatic heterocycles. The van der Waals surface area contributed by atoms with Gasteiger partial charge in [0.2, 0.25) is 16.1 Å². The number of carbonyl (C=O) groups excluding carboxylic acids is 1. The molecule has 3 aromatic rings. The first kappa shape index (κ1) is 22.9. The molecular weight excluding hydrogens is 454 g/mol. The van der Waals surface area contributed by atoms with Crippen molar-refractivity contribution in [1.82, 2.24) is 14.5 Å². The Balaban J connectivity index is 1.62. The summed E-state index contributed by atoms with van der Waals surface area (Å²) in [6.07, 6.45) is 2.77. The van der Waals surface area contributed by atoms with Gasteiger partial charge in [-0.25, -0.2) is 17.2 Å². The number of halogens is 2. The first-order valence-electron chi connectivity index (χ1n) is 10.4. The Hall–Kier alpha value is -3.31. The average molecular weight is 477 g/mol. The van der Waals surface area contributed by atoms with E-state index in [1.54, 1.807) is 0 Å². The van der Waals surface area contributed by atoms with Crippen LogP contribution in [0.3, 0.4) is 0 Å². The van der Waals surface area contributed by atoms with Crippen LogP contribution in [0.2, 0.25) is 0 Å². The van der Waals surface area contributed by atoms with Crippen LogP contribution in [-0.4, -0.2) is 41.9 Å². The molecule has 2 N–H and O–H groups in total. The van der Waals surface area contributed by atoms with Gasteiger partial charge in [-0.2, -0.15) is 9.40 Å². The Labute approximate surface area is 189 Å². The highest BCUT2D eigenvalue weighted by Gasteiger charge is 2.28. The summed E-state index contributed by atoms with van der Waals surface area (Å²) < 4.78 is 60.3. The molecule has 1 fully saturated rings. The van der Waals surface area contributed by atoms with Crippen molar-refractivity contribution in [3.05, 3.63) is 71.9 Å². The number of rotatable bonds is 7. The van der Waals surface area contributed by atoms with Crippen LogP contribution in [0.25, 0.3) is 0 Å². The Morgan fingerprint density at radius 1 is 1.06 bits per heavy atom. The number of nitrogens with one attached hydrogen (secondary N) is 2. The zero-order valence-corrected chi connectivity index (χ0v) is 18.3. The smallest absolute Gasteiger partial charge is 0.271 e. The van der Waals surface area contributed by atoms with Crippen molar-refractivity contribution in [3.8, 4) is 5.75 Å². The van der Waals surface area contributed by atoms with E-state index in [2.05, 4.69) is 15.5 Å².